The number of carbonyl (C=O) groups is 2. The number of ketones is 1. The summed E-state index contributed by atoms with van der Waals surface area (Å²) in [5.74, 6) is 1.24. The predicted octanol–water partition coefficient (Wildman–Crippen LogP) is 2.52. The molecule has 0 aliphatic heterocycles. The normalized spacial score (nSPS) is 16.3. The summed E-state index contributed by atoms with van der Waals surface area (Å²) in [4.78, 5) is 30.3. The number of hydrogen-bond donors (Lipinski definition) is 1. The quantitative estimate of drug-likeness (QED) is 0.739. The Bertz CT molecular complexity index is 1030. The van der Waals surface area contributed by atoms with Gasteiger partial charge < -0.3 is 4.42 Å². The van der Waals surface area contributed by atoms with E-state index in [2.05, 4.69) is 39.6 Å². The van der Waals surface area contributed by atoms with E-state index < -0.39 is 0 Å². The molecule has 2 heterocycles. The van der Waals surface area contributed by atoms with Crippen molar-refractivity contribution in [1.82, 2.24) is 25.2 Å². The van der Waals surface area contributed by atoms with Gasteiger partial charge >= 0.3 is 6.01 Å². The molecule has 1 aliphatic carbocycles. The lowest BCUT2D eigenvalue weighted by molar-refractivity contribution is 0.0922. The summed E-state index contributed by atoms with van der Waals surface area (Å²) in [6.45, 7) is 4.17. The molecular weight excluding hydrogens is 360 g/mol. The molecule has 28 heavy (non-hydrogen) atoms. The number of carbonyl (C=O) groups excluding carboxylic acids is 2. The van der Waals surface area contributed by atoms with Crippen molar-refractivity contribution in [3.63, 3.8) is 0 Å². The number of amides is 1. The zero-order valence-electron chi connectivity index (χ0n) is 15.8. The number of rotatable bonds is 4. The van der Waals surface area contributed by atoms with Crippen LogP contribution in [0.25, 0.3) is 11.4 Å². The van der Waals surface area contributed by atoms with Crippen molar-refractivity contribution in [3.05, 3.63) is 41.3 Å². The van der Waals surface area contributed by atoms with Gasteiger partial charge in [0.25, 0.3) is 5.91 Å². The van der Waals surface area contributed by atoms with Crippen LogP contribution in [0, 0.1) is 11.8 Å². The molecule has 1 amide bonds. The highest BCUT2D eigenvalue weighted by atomic mass is 16.4. The molecule has 0 spiro atoms. The van der Waals surface area contributed by atoms with Crippen LogP contribution in [0.4, 0.5) is 6.01 Å². The number of anilines is 1. The number of fused-ring (bicyclic) bond motifs is 1. The third-order valence-electron chi connectivity index (χ3n) is 4.93. The van der Waals surface area contributed by atoms with Crippen molar-refractivity contribution in [2.24, 2.45) is 18.9 Å². The maximum absolute atomic E-state index is 12.5. The number of benzene rings is 1. The first-order valence-corrected chi connectivity index (χ1v) is 9.09. The van der Waals surface area contributed by atoms with Gasteiger partial charge in [-0.05, 0) is 29.2 Å². The first-order chi connectivity index (χ1) is 13.4. The average molecular weight is 380 g/mol. The maximum Gasteiger partial charge on any atom is 0.302 e. The van der Waals surface area contributed by atoms with Crippen LogP contribution < -0.4 is 5.32 Å². The molecule has 0 saturated carbocycles. The van der Waals surface area contributed by atoms with Crippen molar-refractivity contribution >= 4 is 17.7 Å². The molecule has 4 rings (SSSR count). The van der Waals surface area contributed by atoms with Crippen LogP contribution in [0.5, 0.6) is 0 Å². The maximum atomic E-state index is 12.5. The van der Waals surface area contributed by atoms with Crippen molar-refractivity contribution in [2.75, 3.05) is 5.32 Å². The van der Waals surface area contributed by atoms with E-state index in [0.717, 1.165) is 5.56 Å². The third kappa shape index (κ3) is 3.42. The smallest absolute Gasteiger partial charge is 0.302 e. The van der Waals surface area contributed by atoms with E-state index in [1.807, 2.05) is 0 Å². The van der Waals surface area contributed by atoms with Crippen LogP contribution in [-0.2, 0) is 13.5 Å². The molecule has 1 unspecified atom stereocenters. The first kappa shape index (κ1) is 18.0. The number of aryl methyl sites for hydroxylation is 1. The fourth-order valence-corrected chi connectivity index (χ4v) is 3.22. The minimum Gasteiger partial charge on any atom is -0.428 e. The van der Waals surface area contributed by atoms with Gasteiger partial charge in [0.05, 0.1) is 7.05 Å². The molecule has 0 fully saturated rings. The Morgan fingerprint density at radius 2 is 2.00 bits per heavy atom. The topological polar surface area (TPSA) is 116 Å². The number of Topliss-reactive ketones (excluding diaryl/α,β-unsaturated/α-hetero) is 1. The molecule has 1 aromatic carbocycles. The summed E-state index contributed by atoms with van der Waals surface area (Å²) in [5, 5.41) is 14.5. The molecule has 3 aromatic rings. The second-order valence-electron chi connectivity index (χ2n) is 7.26. The Morgan fingerprint density at radius 3 is 2.64 bits per heavy atom. The van der Waals surface area contributed by atoms with E-state index in [1.54, 1.807) is 31.3 Å². The number of nitrogens with one attached hydrogen (secondary N) is 1. The first-order valence-electron chi connectivity index (χ1n) is 9.09. The number of nitrogens with zero attached hydrogens (tertiary/aromatic N) is 5. The van der Waals surface area contributed by atoms with Crippen LogP contribution in [0.15, 0.2) is 28.7 Å². The van der Waals surface area contributed by atoms with E-state index >= 15 is 0 Å². The molecule has 1 atom stereocenters. The van der Waals surface area contributed by atoms with E-state index in [4.69, 9.17) is 4.42 Å². The van der Waals surface area contributed by atoms with Crippen LogP contribution >= 0.6 is 0 Å². The molecule has 1 N–H and O–H groups in total. The fourth-order valence-electron chi connectivity index (χ4n) is 3.22. The predicted molar refractivity (Wildman–Crippen MR) is 99.7 cm³/mol. The molecule has 144 valence electrons. The highest BCUT2D eigenvalue weighted by Gasteiger charge is 2.32. The molecule has 1 aliphatic rings. The molecule has 2 aromatic heterocycles. The van der Waals surface area contributed by atoms with Crippen LogP contribution in [-0.4, -0.2) is 36.9 Å². The van der Waals surface area contributed by atoms with Crippen LogP contribution in [0.3, 0.4) is 0 Å². The zero-order valence-corrected chi connectivity index (χ0v) is 15.8. The lowest BCUT2D eigenvalue weighted by Crippen LogP contribution is -2.23. The molecule has 9 nitrogen and oxygen atoms in total. The summed E-state index contributed by atoms with van der Waals surface area (Å²) in [6, 6.07) is 6.84. The van der Waals surface area contributed by atoms with Gasteiger partial charge in [0.2, 0.25) is 5.82 Å². The second-order valence-corrected chi connectivity index (χ2v) is 7.26. The van der Waals surface area contributed by atoms with Gasteiger partial charge in [-0.1, -0.05) is 26.0 Å². The summed E-state index contributed by atoms with van der Waals surface area (Å²) >= 11 is 0. The summed E-state index contributed by atoms with van der Waals surface area (Å²) in [6.07, 6.45) is 1.11. The fraction of sp³-hybridized carbons (Fsp3) is 0.368. The Labute approximate surface area is 161 Å². The minimum atomic E-state index is -0.370. The summed E-state index contributed by atoms with van der Waals surface area (Å²) in [7, 11) is 1.68. The third-order valence-corrected chi connectivity index (χ3v) is 4.93. The van der Waals surface area contributed by atoms with Gasteiger partial charge in [-0.3, -0.25) is 14.9 Å². The lowest BCUT2D eigenvalue weighted by atomic mass is 9.82. The summed E-state index contributed by atoms with van der Waals surface area (Å²) in [5.41, 5.74) is 1.51. The highest BCUT2D eigenvalue weighted by molar-refractivity contribution is 6.04. The van der Waals surface area contributed by atoms with Gasteiger partial charge in [-0.15, -0.1) is 10.2 Å². The second kappa shape index (κ2) is 6.99. The molecular formula is C19H20N6O3. The average Bonchev–Trinajstić information content (AvgIpc) is 3.28. The Morgan fingerprint density at radius 1 is 1.25 bits per heavy atom. The number of aromatic nitrogens is 5. The van der Waals surface area contributed by atoms with E-state index in [1.165, 1.54) is 4.80 Å². The van der Waals surface area contributed by atoms with Crippen molar-refractivity contribution in [2.45, 2.75) is 26.7 Å². The Hall–Kier alpha value is -3.36. The van der Waals surface area contributed by atoms with Gasteiger partial charge in [-0.2, -0.15) is 9.78 Å². The van der Waals surface area contributed by atoms with Gasteiger partial charge in [-0.25, -0.2) is 0 Å². The molecule has 9 heteroatoms. The molecule has 0 saturated heterocycles. The molecule has 0 bridgehead atoms. The van der Waals surface area contributed by atoms with Crippen LogP contribution in [0.1, 0.15) is 46.9 Å². The Kier molecular flexibility index (Phi) is 4.50. The van der Waals surface area contributed by atoms with E-state index in [0.29, 0.717) is 41.6 Å². The monoisotopic (exact) mass is 380 g/mol. The number of hydrogen-bond acceptors (Lipinski definition) is 7. The van der Waals surface area contributed by atoms with E-state index in [9.17, 15) is 9.59 Å². The van der Waals surface area contributed by atoms with Crippen molar-refractivity contribution in [3.8, 4) is 11.4 Å². The van der Waals surface area contributed by atoms with Crippen molar-refractivity contribution < 1.29 is 14.0 Å². The highest BCUT2D eigenvalue weighted by Crippen LogP contribution is 2.31. The minimum absolute atomic E-state index is 0.0370. The van der Waals surface area contributed by atoms with E-state index in [-0.39, 0.29) is 23.6 Å². The zero-order chi connectivity index (χ0) is 19.8. The standard InChI is InChI=1S/C19H20N6O3/c1-10(2)13-8-14(26)16-15(9-13)28-19(20-16)21-18(27)12-6-4-11(5-7-12)17-22-24-25(3)23-17/h4-7,10,13H,8-9H2,1-3H3,(H,20,21,27). The number of oxazole rings is 1. The SMILES string of the molecule is CC(C)C1CC(=O)c2nc(NC(=O)c3ccc(-c4nnn(C)n4)cc3)oc2C1. The van der Waals surface area contributed by atoms with Gasteiger partial charge in [0.15, 0.2) is 5.78 Å². The number of tetrazole rings is 1. The van der Waals surface area contributed by atoms with Crippen molar-refractivity contribution in [1.29, 1.82) is 0 Å². The molecule has 0 radical (unpaired) electrons. The van der Waals surface area contributed by atoms with Gasteiger partial charge in [0.1, 0.15) is 11.5 Å². The summed E-state index contributed by atoms with van der Waals surface area (Å²) < 4.78 is 5.65. The lowest BCUT2D eigenvalue weighted by Gasteiger charge is -2.22. The van der Waals surface area contributed by atoms with Gasteiger partial charge in [0, 0.05) is 24.0 Å². The Balaban J connectivity index is 1.49. The van der Waals surface area contributed by atoms with Crippen LogP contribution in [0.2, 0.25) is 0 Å². The largest absolute Gasteiger partial charge is 0.428 e.